The topological polar surface area (TPSA) is 35.5 Å². The molecule has 104 valence electrons. The zero-order chi connectivity index (χ0) is 13.6. The third-order valence-electron chi connectivity index (χ3n) is 2.59. The summed E-state index contributed by atoms with van der Waals surface area (Å²) in [6.45, 7) is 8.83. The van der Waals surface area contributed by atoms with E-state index in [1.165, 1.54) is 0 Å². The monoisotopic (exact) mass is 256 g/mol. The minimum atomic E-state index is -4.54. The molecule has 0 saturated heterocycles. The Kier molecular flexibility index (Phi) is 7.04. The van der Waals surface area contributed by atoms with Gasteiger partial charge in [-0.25, -0.2) is 0 Å². The van der Waals surface area contributed by atoms with Crippen molar-refractivity contribution in [3.05, 3.63) is 0 Å². The van der Waals surface area contributed by atoms with Crippen LogP contribution in [-0.2, 0) is 0 Å². The first-order valence-corrected chi connectivity index (χ1v) is 5.87. The van der Waals surface area contributed by atoms with Gasteiger partial charge in [0.1, 0.15) is 0 Å². The fourth-order valence-electron chi connectivity index (χ4n) is 1.68. The molecule has 0 aromatic heterocycles. The summed E-state index contributed by atoms with van der Waals surface area (Å²) in [7, 11) is 0. The van der Waals surface area contributed by atoms with Gasteiger partial charge >= 0.3 is 6.18 Å². The number of halogens is 3. The van der Waals surface area contributed by atoms with Crippen molar-refractivity contribution in [2.24, 2.45) is 0 Å². The van der Waals surface area contributed by atoms with Crippen LogP contribution in [0.2, 0.25) is 0 Å². The summed E-state index contributed by atoms with van der Waals surface area (Å²) in [5.41, 5.74) is 0. The van der Waals surface area contributed by atoms with Crippen LogP contribution in [0.1, 0.15) is 27.7 Å². The summed E-state index contributed by atoms with van der Waals surface area (Å²) in [5, 5.41) is 11.4. The van der Waals surface area contributed by atoms with Crippen LogP contribution in [0.4, 0.5) is 13.2 Å². The number of nitrogens with one attached hydrogen (secondary N) is 1. The standard InChI is InChI=1S/C11H23F3N2O/c1-8(2)16(9(3)4)6-5-15-7-10(17)11(12,13)14/h8-10,15,17H,5-7H2,1-4H3. The Morgan fingerprint density at radius 3 is 1.94 bits per heavy atom. The molecule has 0 saturated carbocycles. The van der Waals surface area contributed by atoms with E-state index in [1.54, 1.807) is 0 Å². The fourth-order valence-corrected chi connectivity index (χ4v) is 1.68. The Morgan fingerprint density at radius 2 is 1.59 bits per heavy atom. The Hall–Kier alpha value is -0.330. The van der Waals surface area contributed by atoms with E-state index in [9.17, 15) is 13.2 Å². The molecule has 1 atom stereocenters. The van der Waals surface area contributed by atoms with E-state index in [0.29, 0.717) is 25.2 Å². The van der Waals surface area contributed by atoms with Crippen LogP contribution in [-0.4, -0.2) is 54.0 Å². The second-order valence-electron chi connectivity index (χ2n) is 4.69. The highest BCUT2D eigenvalue weighted by molar-refractivity contribution is 4.71. The van der Waals surface area contributed by atoms with Gasteiger partial charge in [-0.15, -0.1) is 0 Å². The summed E-state index contributed by atoms with van der Waals surface area (Å²) in [5.74, 6) is 0. The number of rotatable bonds is 7. The molecule has 0 rings (SSSR count). The zero-order valence-corrected chi connectivity index (χ0v) is 10.9. The first kappa shape index (κ1) is 16.7. The van der Waals surface area contributed by atoms with Crippen molar-refractivity contribution >= 4 is 0 Å². The average molecular weight is 256 g/mol. The molecule has 0 aromatic rings. The van der Waals surface area contributed by atoms with Crippen LogP contribution in [0, 0.1) is 0 Å². The second-order valence-corrected chi connectivity index (χ2v) is 4.69. The maximum atomic E-state index is 12.0. The number of aliphatic hydroxyl groups is 1. The normalized spacial score (nSPS) is 15.0. The molecule has 6 heteroatoms. The maximum absolute atomic E-state index is 12.0. The lowest BCUT2D eigenvalue weighted by atomic mass is 10.2. The first-order chi connectivity index (χ1) is 7.66. The highest BCUT2D eigenvalue weighted by Crippen LogP contribution is 2.19. The van der Waals surface area contributed by atoms with Gasteiger partial charge in [0.2, 0.25) is 0 Å². The largest absolute Gasteiger partial charge is 0.415 e. The van der Waals surface area contributed by atoms with Gasteiger partial charge in [-0.2, -0.15) is 13.2 Å². The van der Waals surface area contributed by atoms with Crippen LogP contribution in [0.15, 0.2) is 0 Å². The molecule has 0 aliphatic heterocycles. The molecule has 0 amide bonds. The van der Waals surface area contributed by atoms with Crippen molar-refractivity contribution in [2.45, 2.75) is 52.1 Å². The van der Waals surface area contributed by atoms with Gasteiger partial charge in [-0.3, -0.25) is 4.90 Å². The van der Waals surface area contributed by atoms with Gasteiger partial charge < -0.3 is 10.4 Å². The molecule has 0 spiro atoms. The van der Waals surface area contributed by atoms with Crippen molar-refractivity contribution in [3.8, 4) is 0 Å². The highest BCUT2D eigenvalue weighted by Gasteiger charge is 2.37. The van der Waals surface area contributed by atoms with E-state index >= 15 is 0 Å². The quantitative estimate of drug-likeness (QED) is 0.679. The summed E-state index contributed by atoms with van der Waals surface area (Å²) < 4.78 is 36.0. The van der Waals surface area contributed by atoms with Gasteiger partial charge in [0.05, 0.1) is 0 Å². The maximum Gasteiger partial charge on any atom is 0.415 e. The van der Waals surface area contributed by atoms with Gasteiger partial charge in [0.15, 0.2) is 6.10 Å². The average Bonchev–Trinajstić information content (AvgIpc) is 2.14. The fraction of sp³-hybridized carbons (Fsp3) is 1.00. The third-order valence-corrected chi connectivity index (χ3v) is 2.59. The smallest absolute Gasteiger partial charge is 0.382 e. The predicted molar refractivity (Wildman–Crippen MR) is 61.9 cm³/mol. The molecule has 0 aromatic carbocycles. The molecule has 0 aliphatic rings. The van der Waals surface area contributed by atoms with Gasteiger partial charge in [-0.1, -0.05) is 0 Å². The van der Waals surface area contributed by atoms with E-state index in [1.807, 2.05) is 27.7 Å². The third kappa shape index (κ3) is 6.85. The lowest BCUT2D eigenvalue weighted by molar-refractivity contribution is -0.201. The molecular weight excluding hydrogens is 233 g/mol. The van der Waals surface area contributed by atoms with Crippen molar-refractivity contribution in [2.75, 3.05) is 19.6 Å². The SMILES string of the molecule is CC(C)N(CCNCC(O)C(F)(F)F)C(C)C. The lowest BCUT2D eigenvalue weighted by Gasteiger charge is -2.30. The first-order valence-electron chi connectivity index (χ1n) is 5.87. The van der Waals surface area contributed by atoms with E-state index < -0.39 is 18.8 Å². The molecule has 2 N–H and O–H groups in total. The van der Waals surface area contributed by atoms with Crippen molar-refractivity contribution in [1.82, 2.24) is 10.2 Å². The molecule has 0 fully saturated rings. The molecule has 0 bridgehead atoms. The molecule has 0 aliphatic carbocycles. The molecule has 0 heterocycles. The summed E-state index contributed by atoms with van der Waals surface area (Å²) in [6, 6.07) is 0.702. The number of nitrogens with zero attached hydrogens (tertiary/aromatic N) is 1. The van der Waals surface area contributed by atoms with Crippen LogP contribution >= 0.6 is 0 Å². The van der Waals surface area contributed by atoms with Crippen molar-refractivity contribution in [3.63, 3.8) is 0 Å². The molecule has 17 heavy (non-hydrogen) atoms. The molecule has 0 radical (unpaired) electrons. The van der Waals surface area contributed by atoms with Crippen LogP contribution < -0.4 is 5.32 Å². The second kappa shape index (κ2) is 7.18. The Labute approximate surface area is 101 Å². The lowest BCUT2D eigenvalue weighted by Crippen LogP contribution is -2.44. The van der Waals surface area contributed by atoms with Crippen LogP contribution in [0.5, 0.6) is 0 Å². The van der Waals surface area contributed by atoms with Crippen molar-refractivity contribution in [1.29, 1.82) is 0 Å². The molecule has 1 unspecified atom stereocenters. The van der Waals surface area contributed by atoms with Crippen molar-refractivity contribution < 1.29 is 18.3 Å². The Balaban J connectivity index is 3.84. The molecular formula is C11H23F3N2O. The summed E-state index contributed by atoms with van der Waals surface area (Å²) >= 11 is 0. The number of hydrogen-bond donors (Lipinski definition) is 2. The minimum Gasteiger partial charge on any atom is -0.382 e. The van der Waals surface area contributed by atoms with E-state index in [-0.39, 0.29) is 0 Å². The predicted octanol–water partition coefficient (Wildman–Crippen LogP) is 1.62. The summed E-state index contributed by atoms with van der Waals surface area (Å²) in [6.07, 6.45) is -6.82. The van der Waals surface area contributed by atoms with Gasteiger partial charge in [-0.05, 0) is 27.7 Å². The number of hydrogen-bond acceptors (Lipinski definition) is 3. The summed E-state index contributed by atoms with van der Waals surface area (Å²) in [4.78, 5) is 2.17. The van der Waals surface area contributed by atoms with E-state index in [2.05, 4.69) is 10.2 Å². The van der Waals surface area contributed by atoms with E-state index in [4.69, 9.17) is 5.11 Å². The Morgan fingerprint density at radius 1 is 1.12 bits per heavy atom. The Bertz CT molecular complexity index is 199. The van der Waals surface area contributed by atoms with Gasteiger partial charge in [0, 0.05) is 31.7 Å². The van der Waals surface area contributed by atoms with Crippen LogP contribution in [0.25, 0.3) is 0 Å². The highest BCUT2D eigenvalue weighted by atomic mass is 19.4. The molecule has 3 nitrogen and oxygen atoms in total. The number of aliphatic hydroxyl groups excluding tert-OH is 1. The van der Waals surface area contributed by atoms with E-state index in [0.717, 1.165) is 0 Å². The zero-order valence-electron chi connectivity index (χ0n) is 10.9. The van der Waals surface area contributed by atoms with Gasteiger partial charge in [0.25, 0.3) is 0 Å². The number of alkyl halides is 3. The van der Waals surface area contributed by atoms with Crippen LogP contribution in [0.3, 0.4) is 0 Å². The minimum absolute atomic E-state index is 0.351.